The van der Waals surface area contributed by atoms with Gasteiger partial charge in [-0.2, -0.15) is 13.2 Å². The van der Waals surface area contributed by atoms with Crippen LogP contribution < -0.4 is 0 Å². The summed E-state index contributed by atoms with van der Waals surface area (Å²) in [6.07, 6.45) is -4.61. The molecule has 0 atom stereocenters. The van der Waals surface area contributed by atoms with Gasteiger partial charge in [0.25, 0.3) is 0 Å². The predicted octanol–water partition coefficient (Wildman–Crippen LogP) is 3.81. The lowest BCUT2D eigenvalue weighted by Crippen LogP contribution is -2.09. The Hall–Kier alpha value is -0.770. The number of hydrogen-bond acceptors (Lipinski definition) is 0. The van der Waals surface area contributed by atoms with Crippen LogP contribution in [0.4, 0.5) is 17.6 Å². The molecule has 13 heavy (non-hydrogen) atoms. The summed E-state index contributed by atoms with van der Waals surface area (Å²) in [5.41, 5.74) is -1.19. The van der Waals surface area contributed by atoms with Crippen LogP contribution in [0.5, 0.6) is 0 Å². The molecule has 0 spiro atoms. The quantitative estimate of drug-likeness (QED) is 0.574. The van der Waals surface area contributed by atoms with Crippen LogP contribution in [0.3, 0.4) is 0 Å². The summed E-state index contributed by atoms with van der Waals surface area (Å²) in [6.45, 7) is 1.23. The molecule has 0 aliphatic rings. The van der Waals surface area contributed by atoms with Crippen molar-refractivity contribution < 1.29 is 17.6 Å². The molecule has 0 N–H and O–H groups in total. The van der Waals surface area contributed by atoms with Gasteiger partial charge in [-0.1, -0.05) is 17.7 Å². The van der Waals surface area contributed by atoms with Crippen molar-refractivity contribution in [3.05, 3.63) is 34.1 Å². The standard InChI is InChI=1S/C8H5ClF4/c1-4-2-3-5(10)7(9)6(4)8(11,12)13/h2-3H,1H3. The number of aryl methyl sites for hydroxylation is 1. The number of benzene rings is 1. The Kier molecular flexibility index (Phi) is 2.52. The van der Waals surface area contributed by atoms with Gasteiger partial charge in [-0.25, -0.2) is 4.39 Å². The highest BCUT2D eigenvalue weighted by atomic mass is 35.5. The highest BCUT2D eigenvalue weighted by Crippen LogP contribution is 2.37. The average Bonchev–Trinajstić information content (AvgIpc) is 1.95. The Balaban J connectivity index is 3.43. The van der Waals surface area contributed by atoms with Gasteiger partial charge in [-0.15, -0.1) is 0 Å². The SMILES string of the molecule is Cc1ccc(F)c(Cl)c1C(F)(F)F. The van der Waals surface area contributed by atoms with Crippen molar-refractivity contribution >= 4 is 11.6 Å². The van der Waals surface area contributed by atoms with E-state index < -0.39 is 22.6 Å². The van der Waals surface area contributed by atoms with Gasteiger partial charge in [0.15, 0.2) is 0 Å². The first-order valence-corrected chi connectivity index (χ1v) is 3.73. The molecule has 0 aliphatic heterocycles. The molecule has 0 saturated heterocycles. The van der Waals surface area contributed by atoms with Crippen LogP contribution in [0, 0.1) is 12.7 Å². The van der Waals surface area contributed by atoms with Crippen LogP contribution in [0.2, 0.25) is 5.02 Å². The van der Waals surface area contributed by atoms with Gasteiger partial charge in [-0.3, -0.25) is 0 Å². The highest BCUT2D eigenvalue weighted by Gasteiger charge is 2.35. The number of hydrogen-bond donors (Lipinski definition) is 0. The first kappa shape index (κ1) is 10.3. The Labute approximate surface area is 77.1 Å². The van der Waals surface area contributed by atoms with E-state index >= 15 is 0 Å². The normalized spacial score (nSPS) is 11.8. The molecule has 0 radical (unpaired) electrons. The maximum Gasteiger partial charge on any atom is 0.418 e. The third-order valence-electron chi connectivity index (χ3n) is 1.59. The van der Waals surface area contributed by atoms with Gasteiger partial charge in [0, 0.05) is 0 Å². The van der Waals surface area contributed by atoms with E-state index in [1.165, 1.54) is 6.92 Å². The Bertz CT molecular complexity index is 330. The molecule has 0 saturated carbocycles. The summed E-state index contributed by atoms with van der Waals surface area (Å²) >= 11 is 5.19. The second-order valence-corrected chi connectivity index (χ2v) is 2.93. The molecule has 5 heteroatoms. The molecular weight excluding hydrogens is 208 g/mol. The molecule has 0 bridgehead atoms. The molecule has 0 nitrogen and oxygen atoms in total. The smallest absolute Gasteiger partial charge is 0.205 e. The lowest BCUT2D eigenvalue weighted by molar-refractivity contribution is -0.138. The van der Waals surface area contributed by atoms with E-state index in [4.69, 9.17) is 11.6 Å². The van der Waals surface area contributed by atoms with Crippen LogP contribution in [-0.2, 0) is 6.18 Å². The molecule has 0 heterocycles. The second kappa shape index (κ2) is 3.18. The fraction of sp³-hybridized carbons (Fsp3) is 0.250. The molecule has 0 aromatic heterocycles. The maximum atomic E-state index is 12.7. The van der Waals surface area contributed by atoms with Crippen molar-refractivity contribution in [3.8, 4) is 0 Å². The fourth-order valence-corrected chi connectivity index (χ4v) is 1.31. The monoisotopic (exact) mass is 212 g/mol. The van der Waals surface area contributed by atoms with Gasteiger partial charge in [-0.05, 0) is 18.6 Å². The lowest BCUT2D eigenvalue weighted by Gasteiger charge is -2.11. The van der Waals surface area contributed by atoms with Gasteiger partial charge in [0.05, 0.1) is 10.6 Å². The van der Waals surface area contributed by atoms with Crippen molar-refractivity contribution in [2.24, 2.45) is 0 Å². The highest BCUT2D eigenvalue weighted by molar-refractivity contribution is 6.31. The minimum Gasteiger partial charge on any atom is -0.205 e. The van der Waals surface area contributed by atoms with Crippen LogP contribution >= 0.6 is 11.6 Å². The van der Waals surface area contributed by atoms with Gasteiger partial charge < -0.3 is 0 Å². The summed E-state index contributed by atoms with van der Waals surface area (Å²) in [4.78, 5) is 0. The van der Waals surface area contributed by atoms with E-state index in [0.717, 1.165) is 12.1 Å². The van der Waals surface area contributed by atoms with Crippen molar-refractivity contribution in [2.45, 2.75) is 13.1 Å². The Morgan fingerprint density at radius 3 is 2.15 bits per heavy atom. The summed E-state index contributed by atoms with van der Waals surface area (Å²) in [7, 11) is 0. The molecule has 0 aliphatic carbocycles. The third-order valence-corrected chi connectivity index (χ3v) is 1.96. The lowest BCUT2D eigenvalue weighted by atomic mass is 10.1. The van der Waals surface area contributed by atoms with Crippen molar-refractivity contribution in [1.29, 1.82) is 0 Å². The van der Waals surface area contributed by atoms with Gasteiger partial charge in [0.2, 0.25) is 0 Å². The molecular formula is C8H5ClF4. The largest absolute Gasteiger partial charge is 0.418 e. The van der Waals surface area contributed by atoms with E-state index in [2.05, 4.69) is 0 Å². The van der Waals surface area contributed by atoms with E-state index in [1.807, 2.05) is 0 Å². The zero-order valence-electron chi connectivity index (χ0n) is 6.54. The molecule has 1 rings (SSSR count). The molecule has 0 amide bonds. The summed E-state index contributed by atoms with van der Waals surface area (Å²) in [5.74, 6) is -1.06. The summed E-state index contributed by atoms with van der Waals surface area (Å²) in [6, 6.07) is 1.96. The topological polar surface area (TPSA) is 0 Å². The fourth-order valence-electron chi connectivity index (χ4n) is 0.995. The van der Waals surface area contributed by atoms with Crippen LogP contribution in [0.25, 0.3) is 0 Å². The number of rotatable bonds is 0. The van der Waals surface area contributed by atoms with Crippen LogP contribution in [-0.4, -0.2) is 0 Å². The third kappa shape index (κ3) is 1.94. The second-order valence-electron chi connectivity index (χ2n) is 2.55. The summed E-state index contributed by atoms with van der Waals surface area (Å²) < 4.78 is 49.4. The molecule has 1 aromatic carbocycles. The van der Waals surface area contributed by atoms with Crippen molar-refractivity contribution in [2.75, 3.05) is 0 Å². The zero-order valence-corrected chi connectivity index (χ0v) is 7.30. The predicted molar refractivity (Wildman–Crippen MR) is 41.1 cm³/mol. The first-order chi connectivity index (χ1) is 5.84. The molecule has 0 fully saturated rings. The van der Waals surface area contributed by atoms with Gasteiger partial charge in [0.1, 0.15) is 5.82 Å². The van der Waals surface area contributed by atoms with Crippen molar-refractivity contribution in [1.82, 2.24) is 0 Å². The van der Waals surface area contributed by atoms with Crippen LogP contribution in [0.1, 0.15) is 11.1 Å². The molecule has 1 aromatic rings. The zero-order chi connectivity index (χ0) is 10.2. The minimum absolute atomic E-state index is 0.0844. The molecule has 72 valence electrons. The van der Waals surface area contributed by atoms with Gasteiger partial charge >= 0.3 is 6.18 Å². The minimum atomic E-state index is -4.61. The van der Waals surface area contributed by atoms with E-state index in [1.54, 1.807) is 0 Å². The van der Waals surface area contributed by atoms with E-state index in [-0.39, 0.29) is 5.56 Å². The summed E-state index contributed by atoms with van der Waals surface area (Å²) in [5, 5.41) is -0.868. The number of halogens is 5. The average molecular weight is 213 g/mol. The first-order valence-electron chi connectivity index (χ1n) is 3.36. The Morgan fingerprint density at radius 2 is 1.77 bits per heavy atom. The maximum absolute atomic E-state index is 12.7. The van der Waals surface area contributed by atoms with Crippen LogP contribution in [0.15, 0.2) is 12.1 Å². The van der Waals surface area contributed by atoms with Crippen molar-refractivity contribution in [3.63, 3.8) is 0 Å². The number of alkyl halides is 3. The Morgan fingerprint density at radius 1 is 1.23 bits per heavy atom. The van der Waals surface area contributed by atoms with E-state index in [9.17, 15) is 17.6 Å². The van der Waals surface area contributed by atoms with E-state index in [0.29, 0.717) is 0 Å². The molecule has 0 unspecified atom stereocenters.